The molecule has 0 amide bonds. The fourth-order valence-corrected chi connectivity index (χ4v) is 2.97. The van der Waals surface area contributed by atoms with Crippen molar-refractivity contribution in [2.75, 3.05) is 13.7 Å². The standard InChI is InChI=1S/C22H25F3N6O.HI/c1-15-10-16(2)31(30-15)20-9-6-18(12-27-20)13-29-21(26-3)28-11-17-4-7-19(8-5-17)32-14-22(23,24)25;/h4-10,12H,11,13-14H2,1-3H3,(H2,26,28,29);1H. The zero-order valence-corrected chi connectivity index (χ0v) is 20.8. The summed E-state index contributed by atoms with van der Waals surface area (Å²) in [7, 11) is 1.66. The van der Waals surface area contributed by atoms with E-state index >= 15 is 0 Å². The van der Waals surface area contributed by atoms with Crippen LogP contribution in [0.5, 0.6) is 5.75 Å². The van der Waals surface area contributed by atoms with E-state index in [1.807, 2.05) is 32.0 Å². The number of rotatable bonds is 7. The van der Waals surface area contributed by atoms with Gasteiger partial charge in [0, 0.05) is 32.0 Å². The fraction of sp³-hybridized carbons (Fsp3) is 0.318. The van der Waals surface area contributed by atoms with Gasteiger partial charge >= 0.3 is 6.18 Å². The first-order valence-corrected chi connectivity index (χ1v) is 9.95. The Balaban J connectivity index is 0.00000385. The van der Waals surface area contributed by atoms with Gasteiger partial charge in [0.25, 0.3) is 0 Å². The molecule has 0 aliphatic heterocycles. The van der Waals surface area contributed by atoms with Gasteiger partial charge in [-0.05, 0) is 49.2 Å². The van der Waals surface area contributed by atoms with Crippen molar-refractivity contribution < 1.29 is 17.9 Å². The van der Waals surface area contributed by atoms with Gasteiger partial charge < -0.3 is 15.4 Å². The Morgan fingerprint density at radius 3 is 2.18 bits per heavy atom. The summed E-state index contributed by atoms with van der Waals surface area (Å²) in [5.41, 5.74) is 3.81. The van der Waals surface area contributed by atoms with Crippen molar-refractivity contribution in [3.05, 3.63) is 71.2 Å². The van der Waals surface area contributed by atoms with Crippen molar-refractivity contribution in [3.8, 4) is 11.6 Å². The topological polar surface area (TPSA) is 76.4 Å². The fourth-order valence-electron chi connectivity index (χ4n) is 2.97. The number of pyridine rings is 1. The molecule has 2 N–H and O–H groups in total. The summed E-state index contributed by atoms with van der Waals surface area (Å²) < 4.78 is 43.2. The molecule has 0 aliphatic carbocycles. The maximum atomic E-state index is 12.2. The molecule has 3 aromatic rings. The third-order valence-electron chi connectivity index (χ3n) is 4.51. The van der Waals surface area contributed by atoms with Crippen LogP contribution in [0.15, 0.2) is 53.7 Å². The molecule has 2 heterocycles. The van der Waals surface area contributed by atoms with Crippen molar-refractivity contribution in [2.45, 2.75) is 33.1 Å². The van der Waals surface area contributed by atoms with Gasteiger partial charge in [0.05, 0.1) is 5.69 Å². The second-order valence-electron chi connectivity index (χ2n) is 7.19. The highest BCUT2D eigenvalue weighted by atomic mass is 127. The lowest BCUT2D eigenvalue weighted by molar-refractivity contribution is -0.153. The average molecular weight is 574 g/mol. The van der Waals surface area contributed by atoms with Gasteiger partial charge in [0.1, 0.15) is 5.75 Å². The molecule has 0 radical (unpaired) electrons. The molecule has 0 aliphatic rings. The van der Waals surface area contributed by atoms with Gasteiger partial charge in [-0.1, -0.05) is 18.2 Å². The zero-order valence-electron chi connectivity index (χ0n) is 18.5. The van der Waals surface area contributed by atoms with Crippen molar-refractivity contribution >= 4 is 29.9 Å². The Morgan fingerprint density at radius 1 is 1.03 bits per heavy atom. The smallest absolute Gasteiger partial charge is 0.422 e. The lowest BCUT2D eigenvalue weighted by Crippen LogP contribution is -2.36. The first-order valence-electron chi connectivity index (χ1n) is 9.95. The molecule has 0 atom stereocenters. The summed E-state index contributed by atoms with van der Waals surface area (Å²) in [5.74, 6) is 1.51. The summed E-state index contributed by atoms with van der Waals surface area (Å²) in [5, 5.41) is 10.8. The molecule has 0 bridgehead atoms. The SMILES string of the molecule is CN=C(NCc1ccc(OCC(F)(F)F)cc1)NCc1ccc(-n2nc(C)cc2C)nc1.I. The van der Waals surface area contributed by atoms with Gasteiger partial charge in [-0.25, -0.2) is 9.67 Å². The van der Waals surface area contributed by atoms with Crippen molar-refractivity contribution in [1.29, 1.82) is 0 Å². The van der Waals surface area contributed by atoms with E-state index in [1.165, 1.54) is 12.1 Å². The van der Waals surface area contributed by atoms with Crippen LogP contribution in [-0.4, -0.2) is 40.6 Å². The second-order valence-corrected chi connectivity index (χ2v) is 7.19. The van der Waals surface area contributed by atoms with E-state index in [1.54, 1.807) is 30.1 Å². The third kappa shape index (κ3) is 8.22. The van der Waals surface area contributed by atoms with Crippen LogP contribution in [0, 0.1) is 13.8 Å². The average Bonchev–Trinajstić information content (AvgIpc) is 3.11. The molecule has 0 unspecified atom stereocenters. The van der Waals surface area contributed by atoms with Crippen LogP contribution in [0.4, 0.5) is 13.2 Å². The molecule has 1 aromatic carbocycles. The number of ether oxygens (including phenoxy) is 1. The van der Waals surface area contributed by atoms with E-state index < -0.39 is 12.8 Å². The number of nitrogens with one attached hydrogen (secondary N) is 2. The van der Waals surface area contributed by atoms with Gasteiger partial charge in [-0.3, -0.25) is 4.99 Å². The van der Waals surface area contributed by atoms with Crippen LogP contribution in [-0.2, 0) is 13.1 Å². The van der Waals surface area contributed by atoms with Crippen molar-refractivity contribution in [2.24, 2.45) is 4.99 Å². The van der Waals surface area contributed by atoms with E-state index in [-0.39, 0.29) is 29.7 Å². The molecule has 0 spiro atoms. The van der Waals surface area contributed by atoms with E-state index in [0.717, 1.165) is 28.3 Å². The number of nitrogens with zero attached hydrogens (tertiary/aromatic N) is 4. The predicted octanol–water partition coefficient (Wildman–Crippen LogP) is 4.31. The van der Waals surface area contributed by atoms with Crippen LogP contribution in [0.1, 0.15) is 22.5 Å². The quantitative estimate of drug-likeness (QED) is 0.250. The Morgan fingerprint density at radius 2 is 1.67 bits per heavy atom. The van der Waals surface area contributed by atoms with E-state index in [9.17, 15) is 13.2 Å². The minimum absolute atomic E-state index is 0. The van der Waals surface area contributed by atoms with Crippen LogP contribution in [0.25, 0.3) is 5.82 Å². The number of halogens is 4. The molecule has 33 heavy (non-hydrogen) atoms. The molecule has 0 fully saturated rings. The minimum Gasteiger partial charge on any atom is -0.484 e. The molecule has 0 saturated heterocycles. The number of alkyl halides is 3. The van der Waals surface area contributed by atoms with Gasteiger partial charge in [0.2, 0.25) is 0 Å². The number of benzene rings is 1. The molecule has 3 rings (SSSR count). The Bertz CT molecular complexity index is 1050. The number of aromatic nitrogens is 3. The molecule has 2 aromatic heterocycles. The molecule has 0 saturated carbocycles. The number of hydrogen-bond acceptors (Lipinski definition) is 4. The molecule has 7 nitrogen and oxygen atoms in total. The van der Waals surface area contributed by atoms with Crippen LogP contribution >= 0.6 is 24.0 Å². The largest absolute Gasteiger partial charge is 0.484 e. The summed E-state index contributed by atoms with van der Waals surface area (Å²) in [6.45, 7) is 3.59. The Labute approximate surface area is 207 Å². The van der Waals surface area contributed by atoms with E-state index in [0.29, 0.717) is 19.0 Å². The van der Waals surface area contributed by atoms with Gasteiger partial charge in [-0.15, -0.1) is 24.0 Å². The summed E-state index contributed by atoms with van der Waals surface area (Å²) in [6.07, 6.45) is -2.57. The summed E-state index contributed by atoms with van der Waals surface area (Å²) >= 11 is 0. The molecular formula is C22H26F3IN6O. The van der Waals surface area contributed by atoms with Crippen LogP contribution in [0.2, 0.25) is 0 Å². The van der Waals surface area contributed by atoms with Crippen LogP contribution < -0.4 is 15.4 Å². The maximum Gasteiger partial charge on any atom is 0.422 e. The zero-order chi connectivity index (χ0) is 23.1. The van der Waals surface area contributed by atoms with Crippen LogP contribution in [0.3, 0.4) is 0 Å². The van der Waals surface area contributed by atoms with Crippen molar-refractivity contribution in [1.82, 2.24) is 25.4 Å². The van der Waals surface area contributed by atoms with Gasteiger partial charge in [0.15, 0.2) is 18.4 Å². The van der Waals surface area contributed by atoms with Crippen molar-refractivity contribution in [3.63, 3.8) is 0 Å². The highest BCUT2D eigenvalue weighted by Crippen LogP contribution is 2.18. The monoisotopic (exact) mass is 574 g/mol. The maximum absolute atomic E-state index is 12.2. The lowest BCUT2D eigenvalue weighted by Gasteiger charge is -2.13. The highest BCUT2D eigenvalue weighted by molar-refractivity contribution is 14.0. The number of guanidine groups is 1. The Hall–Kier alpha value is -2.83. The first-order chi connectivity index (χ1) is 15.2. The van der Waals surface area contributed by atoms with E-state index in [2.05, 4.69) is 25.7 Å². The van der Waals surface area contributed by atoms with Gasteiger partial charge in [-0.2, -0.15) is 18.3 Å². The number of hydrogen-bond donors (Lipinski definition) is 2. The Kier molecular flexibility index (Phi) is 9.50. The molecule has 11 heteroatoms. The predicted molar refractivity (Wildman–Crippen MR) is 131 cm³/mol. The van der Waals surface area contributed by atoms with E-state index in [4.69, 9.17) is 4.74 Å². The molecule has 178 valence electrons. The third-order valence-corrected chi connectivity index (χ3v) is 4.51. The molecular weight excluding hydrogens is 548 g/mol. The lowest BCUT2D eigenvalue weighted by atomic mass is 10.2. The normalized spacial score (nSPS) is 11.6. The number of aliphatic imine (C=N–C) groups is 1. The number of aryl methyl sites for hydroxylation is 2. The highest BCUT2D eigenvalue weighted by Gasteiger charge is 2.28. The summed E-state index contributed by atoms with van der Waals surface area (Å²) in [4.78, 5) is 8.66. The second kappa shape index (κ2) is 11.9. The summed E-state index contributed by atoms with van der Waals surface area (Å²) in [6, 6.07) is 12.3. The first kappa shape index (κ1) is 26.4. The minimum atomic E-state index is -4.36.